The number of nitrogens with one attached hydrogen (secondary N) is 1. The molecule has 1 aromatic heterocycles. The summed E-state index contributed by atoms with van der Waals surface area (Å²) in [5.41, 5.74) is 10.0. The molecule has 5 heteroatoms. The number of methoxy groups -OCH3 is 1. The van der Waals surface area contributed by atoms with E-state index < -0.39 is 0 Å². The zero-order valence-electron chi connectivity index (χ0n) is 15.7. The van der Waals surface area contributed by atoms with E-state index in [1.54, 1.807) is 7.11 Å². The van der Waals surface area contributed by atoms with Crippen LogP contribution < -0.4 is 10.5 Å². The average molecular weight is 458 g/mol. The van der Waals surface area contributed by atoms with Gasteiger partial charge in [0, 0.05) is 20.8 Å². The number of rotatable bonds is 6. The second kappa shape index (κ2) is 8.16. The van der Waals surface area contributed by atoms with Crippen LogP contribution in [-0.2, 0) is 6.42 Å². The Morgan fingerprint density at radius 1 is 1.07 bits per heavy atom. The van der Waals surface area contributed by atoms with Crippen LogP contribution in [0.25, 0.3) is 32.9 Å². The Morgan fingerprint density at radius 2 is 1.89 bits per heavy atom. The second-order valence-electron chi connectivity index (χ2n) is 6.90. The summed E-state index contributed by atoms with van der Waals surface area (Å²) in [6.07, 6.45) is 2.94. The van der Waals surface area contributed by atoms with E-state index in [-0.39, 0.29) is 0 Å². The molecule has 144 valence electrons. The van der Waals surface area contributed by atoms with Crippen molar-refractivity contribution in [1.29, 1.82) is 0 Å². The molecule has 0 saturated heterocycles. The van der Waals surface area contributed by atoms with Crippen LogP contribution in [0.1, 0.15) is 18.4 Å². The molecule has 0 aliphatic rings. The van der Waals surface area contributed by atoms with Gasteiger partial charge in [0.25, 0.3) is 0 Å². The van der Waals surface area contributed by atoms with Crippen LogP contribution in [0.5, 0.6) is 5.75 Å². The van der Waals surface area contributed by atoms with Gasteiger partial charge in [-0.1, -0.05) is 57.9 Å². The van der Waals surface area contributed by atoms with Gasteiger partial charge in [0.1, 0.15) is 5.75 Å². The molecule has 0 radical (unpaired) electrons. The third-order valence-corrected chi connectivity index (χ3v) is 5.92. The molecule has 0 unspecified atom stereocenters. The van der Waals surface area contributed by atoms with Crippen LogP contribution in [0.3, 0.4) is 0 Å². The minimum Gasteiger partial charge on any atom is -0.495 e. The van der Waals surface area contributed by atoms with E-state index in [1.807, 2.05) is 18.2 Å². The topological polar surface area (TPSA) is 51.0 Å². The average Bonchev–Trinajstić information content (AvgIpc) is 3.06. The van der Waals surface area contributed by atoms with E-state index in [0.717, 1.165) is 62.4 Å². The fourth-order valence-corrected chi connectivity index (χ4v) is 4.73. The zero-order chi connectivity index (χ0) is 19.7. The quantitative estimate of drug-likeness (QED) is 0.317. The van der Waals surface area contributed by atoms with Crippen molar-refractivity contribution < 1.29 is 4.74 Å². The van der Waals surface area contributed by atoms with Crippen molar-refractivity contribution in [1.82, 2.24) is 4.98 Å². The summed E-state index contributed by atoms with van der Waals surface area (Å²) in [5.74, 6) is 0.875. The summed E-state index contributed by atoms with van der Waals surface area (Å²) < 4.78 is 6.83. The number of fused-ring (bicyclic) bond motifs is 2. The highest BCUT2D eigenvalue weighted by Gasteiger charge is 2.19. The van der Waals surface area contributed by atoms with Crippen molar-refractivity contribution >= 4 is 49.2 Å². The Bertz CT molecular complexity index is 1150. The minimum atomic E-state index is 0.696. The highest BCUT2D eigenvalue weighted by Crippen LogP contribution is 2.42. The molecule has 4 rings (SSSR count). The molecule has 1 heterocycles. The normalized spacial score (nSPS) is 11.4. The van der Waals surface area contributed by atoms with Crippen LogP contribution in [-0.4, -0.2) is 18.6 Å². The maximum atomic E-state index is 6.55. The molecule has 3 N–H and O–H groups in total. The lowest BCUT2D eigenvalue weighted by molar-refractivity contribution is 0.421. The molecule has 3 nitrogen and oxygen atoms in total. The second-order valence-corrected chi connectivity index (χ2v) is 8.22. The van der Waals surface area contributed by atoms with Crippen LogP contribution in [0.2, 0.25) is 5.02 Å². The van der Waals surface area contributed by atoms with Gasteiger partial charge in [0.15, 0.2) is 0 Å². The summed E-state index contributed by atoms with van der Waals surface area (Å²) in [5, 5.41) is 4.10. The van der Waals surface area contributed by atoms with Crippen molar-refractivity contribution in [3.63, 3.8) is 0 Å². The first-order valence-corrected chi connectivity index (χ1v) is 10.6. The van der Waals surface area contributed by atoms with Gasteiger partial charge in [-0.2, -0.15) is 0 Å². The standard InChI is InChI=1S/C23H22BrClN2O/c1-28-23-16-7-3-2-6-14(16)9-10-18(23)21-17(8-4-5-11-26)19-12-15(24)13-20(25)22(19)27-21/h2-3,6-7,9-10,12-13,27H,4-5,8,11,26H2,1H3. The van der Waals surface area contributed by atoms with E-state index >= 15 is 0 Å². The third-order valence-electron chi connectivity index (χ3n) is 5.17. The van der Waals surface area contributed by atoms with E-state index in [0.29, 0.717) is 11.6 Å². The maximum absolute atomic E-state index is 6.55. The molecule has 0 fully saturated rings. The Morgan fingerprint density at radius 3 is 2.68 bits per heavy atom. The van der Waals surface area contributed by atoms with Gasteiger partial charge in [-0.3, -0.25) is 0 Å². The molecule has 3 aromatic carbocycles. The SMILES string of the molecule is COc1c(-c2[nH]c3c(Cl)cc(Br)cc3c2CCCCN)ccc2ccccc12. The van der Waals surface area contributed by atoms with Gasteiger partial charge in [0.05, 0.1) is 23.3 Å². The fraction of sp³-hybridized carbons (Fsp3) is 0.217. The lowest BCUT2D eigenvalue weighted by Crippen LogP contribution is -1.99. The van der Waals surface area contributed by atoms with Gasteiger partial charge < -0.3 is 15.5 Å². The molecule has 0 aliphatic heterocycles. The summed E-state index contributed by atoms with van der Waals surface area (Å²) in [6.45, 7) is 0.696. The number of nitrogens with two attached hydrogens (primary N) is 1. The van der Waals surface area contributed by atoms with Crippen molar-refractivity contribution in [2.24, 2.45) is 5.73 Å². The molecule has 0 aliphatic carbocycles. The highest BCUT2D eigenvalue weighted by molar-refractivity contribution is 9.10. The van der Waals surface area contributed by atoms with Crippen molar-refractivity contribution in [3.8, 4) is 17.0 Å². The zero-order valence-corrected chi connectivity index (χ0v) is 18.0. The van der Waals surface area contributed by atoms with Gasteiger partial charge in [-0.25, -0.2) is 0 Å². The number of ether oxygens (including phenoxy) is 1. The number of aromatic nitrogens is 1. The molecular formula is C23H22BrClN2O. The summed E-state index contributed by atoms with van der Waals surface area (Å²) in [6, 6.07) is 16.6. The van der Waals surface area contributed by atoms with Crippen LogP contribution in [0, 0.1) is 0 Å². The molecule has 0 atom stereocenters. The van der Waals surface area contributed by atoms with Gasteiger partial charge in [-0.05, 0) is 55.0 Å². The summed E-state index contributed by atoms with van der Waals surface area (Å²) in [7, 11) is 1.73. The fourth-order valence-electron chi connectivity index (χ4n) is 3.87. The summed E-state index contributed by atoms with van der Waals surface area (Å²) in [4.78, 5) is 3.58. The number of hydrogen-bond acceptors (Lipinski definition) is 2. The Balaban J connectivity index is 1.99. The first-order chi connectivity index (χ1) is 13.6. The van der Waals surface area contributed by atoms with E-state index in [9.17, 15) is 0 Å². The molecular weight excluding hydrogens is 436 g/mol. The van der Waals surface area contributed by atoms with Crippen molar-refractivity contribution in [2.75, 3.05) is 13.7 Å². The number of benzene rings is 3. The van der Waals surface area contributed by atoms with E-state index in [1.165, 1.54) is 5.56 Å². The lowest BCUT2D eigenvalue weighted by Gasteiger charge is -2.13. The smallest absolute Gasteiger partial charge is 0.136 e. The molecule has 0 amide bonds. The number of unbranched alkanes of at least 4 members (excludes halogenated alkanes) is 1. The van der Waals surface area contributed by atoms with Gasteiger partial charge in [0.2, 0.25) is 0 Å². The van der Waals surface area contributed by atoms with Crippen LogP contribution in [0.4, 0.5) is 0 Å². The number of halogens is 2. The van der Waals surface area contributed by atoms with Crippen LogP contribution in [0.15, 0.2) is 53.0 Å². The molecule has 4 aromatic rings. The van der Waals surface area contributed by atoms with E-state index in [4.69, 9.17) is 22.1 Å². The third kappa shape index (κ3) is 3.41. The maximum Gasteiger partial charge on any atom is 0.136 e. The highest BCUT2D eigenvalue weighted by atomic mass is 79.9. The number of H-pyrrole nitrogens is 1. The number of aromatic amines is 1. The minimum absolute atomic E-state index is 0.696. The molecule has 0 saturated carbocycles. The molecule has 28 heavy (non-hydrogen) atoms. The van der Waals surface area contributed by atoms with Gasteiger partial charge >= 0.3 is 0 Å². The van der Waals surface area contributed by atoms with Crippen molar-refractivity contribution in [3.05, 3.63) is 63.6 Å². The first kappa shape index (κ1) is 19.3. The Kier molecular flexibility index (Phi) is 5.63. The lowest BCUT2D eigenvalue weighted by atomic mass is 9.97. The van der Waals surface area contributed by atoms with Crippen LogP contribution >= 0.6 is 27.5 Å². The first-order valence-electron chi connectivity index (χ1n) is 9.39. The van der Waals surface area contributed by atoms with E-state index in [2.05, 4.69) is 51.2 Å². The van der Waals surface area contributed by atoms with Gasteiger partial charge in [-0.15, -0.1) is 0 Å². The Hall–Kier alpha value is -2.01. The summed E-state index contributed by atoms with van der Waals surface area (Å²) >= 11 is 10.1. The van der Waals surface area contributed by atoms with Crippen molar-refractivity contribution in [2.45, 2.75) is 19.3 Å². The number of aryl methyl sites for hydroxylation is 1. The molecule has 0 bridgehead atoms. The molecule has 0 spiro atoms. The monoisotopic (exact) mass is 456 g/mol. The number of hydrogen-bond donors (Lipinski definition) is 2. The Labute approximate surface area is 178 Å². The predicted octanol–water partition coefficient (Wildman–Crippen LogP) is 6.69. The predicted molar refractivity (Wildman–Crippen MR) is 122 cm³/mol. The largest absolute Gasteiger partial charge is 0.495 e.